The number of unbranched alkanes of at least 4 members (excludes halogenated alkanes) is 2. The van der Waals surface area contributed by atoms with Crippen LogP contribution >= 0.6 is 7.26 Å². The van der Waals surface area contributed by atoms with E-state index in [1.165, 1.54) is 28.5 Å². The van der Waals surface area contributed by atoms with Gasteiger partial charge in [0.05, 0.1) is 6.16 Å². The van der Waals surface area contributed by atoms with Gasteiger partial charge in [-0.15, -0.1) is 0 Å². The van der Waals surface area contributed by atoms with Gasteiger partial charge in [0.15, 0.2) is 6.29 Å². The number of rotatable bonds is 12. The Hall–Kier alpha value is -1.99. The number of hydrogen-bond donors (Lipinski definition) is 0. The molecule has 0 aliphatic heterocycles. The van der Waals surface area contributed by atoms with Crippen LogP contribution in [0.1, 0.15) is 33.1 Å². The molecule has 0 spiro atoms. The van der Waals surface area contributed by atoms with E-state index in [9.17, 15) is 0 Å². The van der Waals surface area contributed by atoms with Crippen molar-refractivity contribution in [1.82, 2.24) is 0 Å². The summed E-state index contributed by atoms with van der Waals surface area (Å²) in [5.41, 5.74) is 0. The van der Waals surface area contributed by atoms with Crippen molar-refractivity contribution in [2.75, 3.05) is 19.4 Å². The number of ether oxygens (including phenoxy) is 2. The molecule has 0 amide bonds. The highest BCUT2D eigenvalue weighted by Crippen LogP contribution is 2.55. The lowest BCUT2D eigenvalue weighted by Gasteiger charge is -2.27. The summed E-state index contributed by atoms with van der Waals surface area (Å²) >= 11 is 0. The predicted octanol–water partition coefficient (Wildman–Crippen LogP) is 5.55. The van der Waals surface area contributed by atoms with Gasteiger partial charge in [0, 0.05) is 13.2 Å². The zero-order valence-corrected chi connectivity index (χ0v) is 19.1. The van der Waals surface area contributed by atoms with Crippen molar-refractivity contribution in [2.24, 2.45) is 0 Å². The maximum atomic E-state index is 5.76. The molecule has 0 fully saturated rings. The van der Waals surface area contributed by atoms with Crippen molar-refractivity contribution in [1.29, 1.82) is 0 Å². The van der Waals surface area contributed by atoms with Gasteiger partial charge in [0.1, 0.15) is 23.2 Å². The van der Waals surface area contributed by atoms with Crippen LogP contribution in [-0.4, -0.2) is 25.7 Å². The first-order valence-corrected chi connectivity index (χ1v) is 13.0. The molecule has 158 valence electrons. The molecule has 1 atom stereocenters. The van der Waals surface area contributed by atoms with E-state index in [0.29, 0.717) is 6.61 Å². The van der Waals surface area contributed by atoms with E-state index in [1.807, 2.05) is 13.8 Å². The van der Waals surface area contributed by atoms with E-state index in [4.69, 9.17) is 9.47 Å². The molecule has 0 aromatic heterocycles. The third kappa shape index (κ3) is 5.79. The first kappa shape index (κ1) is 22.7. The van der Waals surface area contributed by atoms with E-state index in [1.54, 1.807) is 0 Å². The molecule has 30 heavy (non-hydrogen) atoms. The summed E-state index contributed by atoms with van der Waals surface area (Å²) in [6.45, 7) is 5.42. The van der Waals surface area contributed by atoms with Crippen LogP contribution < -0.4 is 15.9 Å². The fraction of sp³-hybridized carbons (Fsp3) is 0.333. The van der Waals surface area contributed by atoms with Gasteiger partial charge in [-0.3, -0.25) is 0 Å². The van der Waals surface area contributed by atoms with Crippen molar-refractivity contribution in [3.8, 4) is 0 Å². The minimum absolute atomic E-state index is 0.112. The number of benzene rings is 3. The summed E-state index contributed by atoms with van der Waals surface area (Å²) < 4.78 is 11.2. The molecular weight excluding hydrogens is 387 g/mol. The molecule has 0 bridgehead atoms. The molecule has 0 heterocycles. The molecule has 3 heteroatoms. The van der Waals surface area contributed by atoms with Crippen molar-refractivity contribution < 1.29 is 9.47 Å². The monoisotopic (exact) mass is 421 g/mol. The lowest BCUT2D eigenvalue weighted by Crippen LogP contribution is -2.33. The summed E-state index contributed by atoms with van der Waals surface area (Å²) in [5.74, 6) is 0. The van der Waals surface area contributed by atoms with E-state index < -0.39 is 7.26 Å². The fourth-order valence-electron chi connectivity index (χ4n) is 4.04. The molecule has 0 saturated heterocycles. The van der Waals surface area contributed by atoms with Gasteiger partial charge in [-0.05, 0) is 69.5 Å². The standard InChI is InChI=1S/C27H34O2P/c1-3-28-24(2)29-22-14-7-15-23-30(25-16-8-4-9-17-25,26-18-10-5-11-19-26)27-20-12-6-13-21-27/h4-6,8-13,16-21,24H,3,7,14-15,22-23H2,1-2H3/q+1. The molecule has 2 nitrogen and oxygen atoms in total. The van der Waals surface area contributed by atoms with Crippen molar-refractivity contribution in [3.63, 3.8) is 0 Å². The molecule has 0 aliphatic rings. The second-order valence-electron chi connectivity index (χ2n) is 7.49. The van der Waals surface area contributed by atoms with Gasteiger partial charge >= 0.3 is 0 Å². The maximum absolute atomic E-state index is 5.76. The molecule has 0 radical (unpaired) electrons. The van der Waals surface area contributed by atoms with Crippen molar-refractivity contribution >= 4 is 23.2 Å². The Labute approximate surface area is 182 Å². The Kier molecular flexibility index (Phi) is 9.08. The quantitative estimate of drug-likeness (QED) is 0.217. The van der Waals surface area contributed by atoms with Crippen LogP contribution in [0.2, 0.25) is 0 Å². The predicted molar refractivity (Wildman–Crippen MR) is 131 cm³/mol. The van der Waals surface area contributed by atoms with E-state index in [2.05, 4.69) is 91.0 Å². The Balaban J connectivity index is 1.81. The summed E-state index contributed by atoms with van der Waals surface area (Å²) in [6, 6.07) is 33.3. The zero-order valence-electron chi connectivity index (χ0n) is 18.2. The smallest absolute Gasteiger partial charge is 0.154 e. The largest absolute Gasteiger partial charge is 0.353 e. The van der Waals surface area contributed by atoms with Gasteiger partial charge in [0.25, 0.3) is 0 Å². The first-order valence-electron chi connectivity index (χ1n) is 11.1. The molecule has 0 aliphatic carbocycles. The third-order valence-corrected chi connectivity index (χ3v) is 10.0. The SMILES string of the molecule is CCOC(C)OCCCCC[P+](c1ccccc1)(c1ccccc1)c1ccccc1. The van der Waals surface area contributed by atoms with Crippen LogP contribution in [0.3, 0.4) is 0 Å². The Morgan fingerprint density at radius 1 is 0.633 bits per heavy atom. The van der Waals surface area contributed by atoms with Crippen molar-refractivity contribution in [2.45, 2.75) is 39.4 Å². The Morgan fingerprint density at radius 3 is 1.53 bits per heavy atom. The summed E-state index contributed by atoms with van der Waals surface area (Å²) in [7, 11) is -1.70. The molecule has 1 unspecified atom stereocenters. The highest BCUT2D eigenvalue weighted by atomic mass is 31.2. The van der Waals surface area contributed by atoms with Crippen LogP contribution in [0, 0.1) is 0 Å². The molecule has 3 rings (SSSR count). The fourth-order valence-corrected chi connectivity index (χ4v) is 8.45. The second kappa shape index (κ2) is 12.0. The Bertz CT molecular complexity index is 740. The highest BCUT2D eigenvalue weighted by Gasteiger charge is 2.44. The van der Waals surface area contributed by atoms with E-state index in [0.717, 1.165) is 19.4 Å². The zero-order chi connectivity index (χ0) is 21.1. The lowest BCUT2D eigenvalue weighted by atomic mass is 10.3. The first-order chi connectivity index (χ1) is 14.8. The maximum Gasteiger partial charge on any atom is 0.154 e. The van der Waals surface area contributed by atoms with Crippen LogP contribution in [0.25, 0.3) is 0 Å². The van der Waals surface area contributed by atoms with E-state index in [-0.39, 0.29) is 6.29 Å². The number of hydrogen-bond acceptors (Lipinski definition) is 2. The van der Waals surface area contributed by atoms with Gasteiger partial charge in [-0.2, -0.15) is 0 Å². The molecule has 3 aromatic carbocycles. The van der Waals surface area contributed by atoms with Crippen molar-refractivity contribution in [3.05, 3.63) is 91.0 Å². The normalized spacial score (nSPS) is 12.6. The van der Waals surface area contributed by atoms with E-state index >= 15 is 0 Å². The molecular formula is C27H34O2P+. The summed E-state index contributed by atoms with van der Waals surface area (Å²) in [5, 5.41) is 4.39. The average Bonchev–Trinajstić information content (AvgIpc) is 2.81. The molecule has 0 saturated carbocycles. The minimum Gasteiger partial charge on any atom is -0.353 e. The van der Waals surface area contributed by atoms with Gasteiger partial charge in [0.2, 0.25) is 0 Å². The Morgan fingerprint density at radius 2 is 1.10 bits per heavy atom. The second-order valence-corrected chi connectivity index (χ2v) is 11.1. The van der Waals surface area contributed by atoms with Gasteiger partial charge in [-0.25, -0.2) is 0 Å². The molecule has 0 N–H and O–H groups in total. The summed E-state index contributed by atoms with van der Waals surface area (Å²) in [4.78, 5) is 0. The molecule has 3 aromatic rings. The third-order valence-electron chi connectivity index (χ3n) is 5.48. The van der Waals surface area contributed by atoms with Crippen LogP contribution in [-0.2, 0) is 9.47 Å². The minimum atomic E-state index is -1.70. The highest BCUT2D eigenvalue weighted by molar-refractivity contribution is 7.95. The summed E-state index contributed by atoms with van der Waals surface area (Å²) in [6.07, 6.45) is 4.47. The topological polar surface area (TPSA) is 18.5 Å². The lowest BCUT2D eigenvalue weighted by molar-refractivity contribution is -0.127. The van der Waals surface area contributed by atoms with Crippen LogP contribution in [0.4, 0.5) is 0 Å². The van der Waals surface area contributed by atoms with Gasteiger partial charge < -0.3 is 9.47 Å². The van der Waals surface area contributed by atoms with Crippen LogP contribution in [0.5, 0.6) is 0 Å². The van der Waals surface area contributed by atoms with Gasteiger partial charge in [-0.1, -0.05) is 54.6 Å². The average molecular weight is 422 g/mol. The van der Waals surface area contributed by atoms with Crippen LogP contribution in [0.15, 0.2) is 91.0 Å².